The molecule has 0 aliphatic heterocycles. The number of nitriles is 1. The van der Waals surface area contributed by atoms with Gasteiger partial charge in [-0.1, -0.05) is 13.8 Å². The van der Waals surface area contributed by atoms with Gasteiger partial charge < -0.3 is 10.0 Å². The molecule has 2 aromatic rings. The van der Waals surface area contributed by atoms with Crippen molar-refractivity contribution in [2.24, 2.45) is 5.92 Å². The Labute approximate surface area is 147 Å². The Morgan fingerprint density at radius 1 is 1.27 bits per heavy atom. The first-order chi connectivity index (χ1) is 12.1. The summed E-state index contributed by atoms with van der Waals surface area (Å²) in [7, 11) is 0. The molecule has 2 heterocycles. The van der Waals surface area contributed by atoms with Gasteiger partial charge in [0.25, 0.3) is 0 Å². The third-order valence-electron chi connectivity index (χ3n) is 3.61. The number of hydrogen-bond acceptors (Lipinski definition) is 5. The lowest BCUT2D eigenvalue weighted by Gasteiger charge is -2.32. The van der Waals surface area contributed by atoms with E-state index in [9.17, 15) is 22.7 Å². The third-order valence-corrected chi connectivity index (χ3v) is 3.61. The summed E-state index contributed by atoms with van der Waals surface area (Å²) >= 11 is 0. The summed E-state index contributed by atoms with van der Waals surface area (Å²) in [5, 5.41) is 19.1. The molecule has 0 fully saturated rings. The van der Waals surface area contributed by atoms with Crippen molar-refractivity contribution in [1.29, 1.82) is 5.26 Å². The van der Waals surface area contributed by atoms with Gasteiger partial charge in [0.15, 0.2) is 5.69 Å². The Kier molecular flexibility index (Phi) is 5.77. The standard InChI is InChI=1S/C17H16F4N4O/c1-10(2)16(26)25(6-5-22)14-4-3-13(24-15(14)17(19,20)21)11-7-12(18)9-23-8-11/h3-4,7-10,16,26H,6H2,1-2H3. The van der Waals surface area contributed by atoms with Gasteiger partial charge in [0, 0.05) is 11.8 Å². The van der Waals surface area contributed by atoms with Crippen LogP contribution in [0.25, 0.3) is 11.3 Å². The molecule has 0 saturated heterocycles. The largest absolute Gasteiger partial charge is 0.435 e. The maximum Gasteiger partial charge on any atom is 0.435 e. The zero-order chi connectivity index (χ0) is 19.5. The summed E-state index contributed by atoms with van der Waals surface area (Å²) in [6.45, 7) is 2.77. The van der Waals surface area contributed by atoms with Gasteiger partial charge in [-0.15, -0.1) is 0 Å². The van der Waals surface area contributed by atoms with Crippen LogP contribution in [0.15, 0.2) is 30.6 Å². The predicted octanol–water partition coefficient (Wildman–Crippen LogP) is 3.61. The first-order valence-electron chi connectivity index (χ1n) is 7.66. The highest BCUT2D eigenvalue weighted by molar-refractivity contribution is 5.63. The number of aromatic nitrogens is 2. The summed E-state index contributed by atoms with van der Waals surface area (Å²) in [5.74, 6) is -1.13. The van der Waals surface area contributed by atoms with Crippen LogP contribution in [0.5, 0.6) is 0 Å². The van der Waals surface area contributed by atoms with Gasteiger partial charge in [0.1, 0.15) is 18.6 Å². The van der Waals surface area contributed by atoms with Crippen LogP contribution in [0.1, 0.15) is 19.5 Å². The van der Waals surface area contributed by atoms with Crippen molar-refractivity contribution < 1.29 is 22.7 Å². The molecule has 0 spiro atoms. The van der Waals surface area contributed by atoms with Crippen LogP contribution in [-0.4, -0.2) is 27.8 Å². The van der Waals surface area contributed by atoms with Crippen LogP contribution >= 0.6 is 0 Å². The quantitative estimate of drug-likeness (QED) is 0.496. The number of aliphatic hydroxyl groups is 1. The highest BCUT2D eigenvalue weighted by atomic mass is 19.4. The molecule has 0 saturated carbocycles. The summed E-state index contributed by atoms with van der Waals surface area (Å²) in [6, 6.07) is 5.14. The molecule has 9 heteroatoms. The van der Waals surface area contributed by atoms with Crippen LogP contribution < -0.4 is 4.90 Å². The van der Waals surface area contributed by atoms with Crippen LogP contribution in [0.2, 0.25) is 0 Å². The highest BCUT2D eigenvalue weighted by Crippen LogP contribution is 2.37. The van der Waals surface area contributed by atoms with Gasteiger partial charge in [0.05, 0.1) is 23.6 Å². The molecule has 0 aliphatic carbocycles. The van der Waals surface area contributed by atoms with E-state index in [1.54, 1.807) is 19.9 Å². The fourth-order valence-electron chi connectivity index (χ4n) is 2.36. The Morgan fingerprint density at radius 2 is 1.96 bits per heavy atom. The number of hydrogen-bond donors (Lipinski definition) is 1. The van der Waals surface area contributed by atoms with Crippen molar-refractivity contribution in [3.8, 4) is 17.3 Å². The minimum atomic E-state index is -4.84. The van der Waals surface area contributed by atoms with Gasteiger partial charge in [-0.25, -0.2) is 9.37 Å². The molecule has 0 aromatic carbocycles. The lowest BCUT2D eigenvalue weighted by Crippen LogP contribution is -2.40. The predicted molar refractivity (Wildman–Crippen MR) is 86.2 cm³/mol. The Balaban J connectivity index is 2.61. The molecule has 2 rings (SSSR count). The molecular formula is C17H16F4N4O. The van der Waals surface area contributed by atoms with Crippen molar-refractivity contribution >= 4 is 5.69 Å². The lowest BCUT2D eigenvalue weighted by atomic mass is 10.1. The van der Waals surface area contributed by atoms with E-state index in [1.807, 2.05) is 0 Å². The first-order valence-corrected chi connectivity index (χ1v) is 7.66. The Bertz CT molecular complexity index is 817. The lowest BCUT2D eigenvalue weighted by molar-refractivity contribution is -0.140. The van der Waals surface area contributed by atoms with Crippen molar-refractivity contribution in [3.63, 3.8) is 0 Å². The fourth-order valence-corrected chi connectivity index (χ4v) is 2.36. The summed E-state index contributed by atoms with van der Waals surface area (Å²) < 4.78 is 53.9. The molecule has 0 bridgehead atoms. The minimum absolute atomic E-state index is 0.0818. The zero-order valence-electron chi connectivity index (χ0n) is 14.0. The van der Waals surface area contributed by atoms with E-state index in [4.69, 9.17) is 5.26 Å². The van der Waals surface area contributed by atoms with Crippen LogP contribution in [0.3, 0.4) is 0 Å². The molecule has 26 heavy (non-hydrogen) atoms. The smallest absolute Gasteiger partial charge is 0.373 e. The maximum absolute atomic E-state index is 13.5. The number of pyridine rings is 2. The van der Waals surface area contributed by atoms with Crippen molar-refractivity contribution in [3.05, 3.63) is 42.1 Å². The molecule has 0 radical (unpaired) electrons. The number of anilines is 1. The second-order valence-corrected chi connectivity index (χ2v) is 5.90. The first kappa shape index (κ1) is 19.6. The molecule has 1 N–H and O–H groups in total. The highest BCUT2D eigenvalue weighted by Gasteiger charge is 2.38. The molecule has 0 aliphatic rings. The second-order valence-electron chi connectivity index (χ2n) is 5.90. The SMILES string of the molecule is CC(C)C(O)N(CC#N)c1ccc(-c2cncc(F)c2)nc1C(F)(F)F. The monoisotopic (exact) mass is 368 g/mol. The second kappa shape index (κ2) is 7.66. The van der Waals surface area contributed by atoms with E-state index in [1.165, 1.54) is 12.3 Å². The maximum atomic E-state index is 13.5. The summed E-state index contributed by atoms with van der Waals surface area (Å²) in [4.78, 5) is 8.15. The molecule has 5 nitrogen and oxygen atoms in total. The number of rotatable bonds is 5. The number of halogens is 4. The van der Waals surface area contributed by atoms with Gasteiger partial charge >= 0.3 is 6.18 Å². The summed E-state index contributed by atoms with van der Waals surface area (Å²) in [5.41, 5.74) is -1.73. The Hall–Kier alpha value is -2.73. The van der Waals surface area contributed by atoms with E-state index >= 15 is 0 Å². The molecule has 1 atom stereocenters. The van der Waals surface area contributed by atoms with E-state index in [2.05, 4.69) is 9.97 Å². The van der Waals surface area contributed by atoms with Crippen LogP contribution in [-0.2, 0) is 6.18 Å². The van der Waals surface area contributed by atoms with Crippen LogP contribution in [0, 0.1) is 23.1 Å². The number of alkyl halides is 3. The molecule has 138 valence electrons. The topological polar surface area (TPSA) is 73.0 Å². The normalized spacial score (nSPS) is 12.7. The average molecular weight is 368 g/mol. The fraction of sp³-hybridized carbons (Fsp3) is 0.353. The van der Waals surface area contributed by atoms with E-state index < -0.39 is 42.1 Å². The van der Waals surface area contributed by atoms with E-state index in [0.29, 0.717) is 0 Å². The van der Waals surface area contributed by atoms with E-state index in [-0.39, 0.29) is 11.3 Å². The molecular weight excluding hydrogens is 352 g/mol. The average Bonchev–Trinajstić information content (AvgIpc) is 2.58. The van der Waals surface area contributed by atoms with Gasteiger partial charge in [-0.3, -0.25) is 4.98 Å². The molecule has 1 unspecified atom stereocenters. The van der Waals surface area contributed by atoms with E-state index in [0.717, 1.165) is 23.2 Å². The minimum Gasteiger partial charge on any atom is -0.373 e. The van der Waals surface area contributed by atoms with Crippen molar-refractivity contribution in [2.75, 3.05) is 11.4 Å². The van der Waals surface area contributed by atoms with Gasteiger partial charge in [-0.05, 0) is 24.1 Å². The number of nitrogens with zero attached hydrogens (tertiary/aromatic N) is 4. The summed E-state index contributed by atoms with van der Waals surface area (Å²) in [6.07, 6.45) is -4.02. The Morgan fingerprint density at radius 3 is 2.50 bits per heavy atom. The molecule has 0 amide bonds. The van der Waals surface area contributed by atoms with Crippen molar-refractivity contribution in [2.45, 2.75) is 26.3 Å². The number of aliphatic hydroxyl groups excluding tert-OH is 1. The zero-order valence-corrected chi connectivity index (χ0v) is 14.0. The van der Waals surface area contributed by atoms with Crippen LogP contribution in [0.4, 0.5) is 23.2 Å². The van der Waals surface area contributed by atoms with Crippen molar-refractivity contribution in [1.82, 2.24) is 9.97 Å². The molecule has 2 aromatic heterocycles. The van der Waals surface area contributed by atoms with Gasteiger partial charge in [0.2, 0.25) is 0 Å². The van der Waals surface area contributed by atoms with Gasteiger partial charge in [-0.2, -0.15) is 18.4 Å². The third kappa shape index (κ3) is 4.26.